The first-order chi connectivity index (χ1) is 13.2. The number of aliphatic hydroxyl groups is 1. The third-order valence-corrected chi connectivity index (χ3v) is 6.59. The summed E-state index contributed by atoms with van der Waals surface area (Å²) in [7, 11) is 0. The van der Waals surface area contributed by atoms with Crippen LogP contribution in [0, 0.1) is 23.1 Å². The molecule has 0 radical (unpaired) electrons. The normalized spacial score (nSPS) is 21.6. The first-order valence-corrected chi connectivity index (χ1v) is 10.0. The molecule has 2 aromatic carbocycles. The number of benzene rings is 2. The lowest BCUT2D eigenvalue weighted by Crippen LogP contribution is -2.46. The maximum Gasteiger partial charge on any atom is 0.132 e. The molecule has 0 heterocycles. The molecule has 2 atom stereocenters. The van der Waals surface area contributed by atoms with E-state index in [2.05, 4.69) is 6.92 Å². The van der Waals surface area contributed by atoms with E-state index in [4.69, 9.17) is 11.6 Å². The molecule has 0 amide bonds. The van der Waals surface area contributed by atoms with Gasteiger partial charge >= 0.3 is 0 Å². The lowest BCUT2D eigenvalue weighted by Gasteiger charge is -2.49. The molecule has 1 saturated carbocycles. The number of aliphatic hydroxyl groups excluding tert-OH is 1. The highest BCUT2D eigenvalue weighted by Crippen LogP contribution is 2.54. The minimum Gasteiger partial charge on any atom is -0.512 e. The van der Waals surface area contributed by atoms with Gasteiger partial charge in [0.25, 0.3) is 0 Å². The molecular formula is C24H26ClFO2. The van der Waals surface area contributed by atoms with Crippen molar-refractivity contribution in [1.29, 1.82) is 0 Å². The molecule has 0 aliphatic heterocycles. The summed E-state index contributed by atoms with van der Waals surface area (Å²) in [4.78, 5) is 11.2. The fourth-order valence-electron chi connectivity index (χ4n) is 4.18. The fraction of sp³-hybridized carbons (Fsp3) is 0.375. The third-order valence-electron chi connectivity index (χ3n) is 6.36. The number of hydrogen-bond donors (Lipinski definition) is 1. The molecule has 2 aromatic rings. The number of aryl methyl sites for hydroxylation is 1. The molecule has 2 unspecified atom stereocenters. The Morgan fingerprint density at radius 3 is 2.57 bits per heavy atom. The van der Waals surface area contributed by atoms with Crippen LogP contribution >= 0.6 is 11.6 Å². The van der Waals surface area contributed by atoms with Gasteiger partial charge in [-0.3, -0.25) is 0 Å². The smallest absolute Gasteiger partial charge is 0.132 e. The van der Waals surface area contributed by atoms with E-state index in [1.54, 1.807) is 12.1 Å². The van der Waals surface area contributed by atoms with Crippen molar-refractivity contribution in [2.75, 3.05) is 0 Å². The summed E-state index contributed by atoms with van der Waals surface area (Å²) >= 11 is 5.88. The Morgan fingerprint density at radius 2 is 2.00 bits per heavy atom. The van der Waals surface area contributed by atoms with Crippen LogP contribution in [0.3, 0.4) is 0 Å². The van der Waals surface area contributed by atoms with E-state index in [9.17, 15) is 14.3 Å². The van der Waals surface area contributed by atoms with Gasteiger partial charge in [0.2, 0.25) is 0 Å². The molecule has 0 aromatic heterocycles. The standard InChI is InChI=1S/C24H26ClFO2/c1-5-15-6-7-16(19-9-8-18(25)12-22(19)26)10-20(15)14(2)23(28)21-11-17(13-27)24(21,3)4/h6-10,12-13,17,21,28H,5,11H2,1-4H3/b23-14-. The van der Waals surface area contributed by atoms with E-state index in [1.165, 1.54) is 6.07 Å². The largest absolute Gasteiger partial charge is 0.512 e. The molecule has 3 rings (SSSR count). The van der Waals surface area contributed by atoms with Gasteiger partial charge in [-0.25, -0.2) is 4.39 Å². The summed E-state index contributed by atoms with van der Waals surface area (Å²) in [6.45, 7) is 7.99. The average Bonchev–Trinajstić information content (AvgIpc) is 2.66. The molecule has 2 nitrogen and oxygen atoms in total. The van der Waals surface area contributed by atoms with Crippen LogP contribution in [0.2, 0.25) is 5.02 Å². The predicted octanol–water partition coefficient (Wildman–Crippen LogP) is 6.86. The van der Waals surface area contributed by atoms with Gasteiger partial charge in [0, 0.05) is 22.4 Å². The predicted molar refractivity (Wildman–Crippen MR) is 113 cm³/mol. The second-order valence-corrected chi connectivity index (χ2v) is 8.65. The van der Waals surface area contributed by atoms with Gasteiger partial charge in [-0.1, -0.05) is 44.5 Å². The number of aldehydes is 1. The van der Waals surface area contributed by atoms with Crippen LogP contribution in [0.15, 0.2) is 42.2 Å². The Kier molecular flexibility index (Phi) is 5.67. The van der Waals surface area contributed by atoms with E-state index in [-0.39, 0.29) is 23.1 Å². The van der Waals surface area contributed by atoms with Crippen molar-refractivity contribution in [2.45, 2.75) is 40.5 Å². The summed E-state index contributed by atoms with van der Waals surface area (Å²) < 4.78 is 14.4. The molecule has 4 heteroatoms. The molecule has 0 saturated heterocycles. The monoisotopic (exact) mass is 400 g/mol. The minimum absolute atomic E-state index is 0.0346. The second-order valence-electron chi connectivity index (χ2n) is 8.21. The van der Waals surface area contributed by atoms with Crippen LogP contribution in [-0.4, -0.2) is 11.4 Å². The zero-order chi connectivity index (χ0) is 20.6. The number of carbonyl (C=O) groups excluding carboxylic acids is 1. The Balaban J connectivity index is 2.06. The Bertz CT molecular complexity index is 946. The van der Waals surface area contributed by atoms with Gasteiger partial charge in [-0.15, -0.1) is 0 Å². The number of rotatable bonds is 5. The van der Waals surface area contributed by atoms with Crippen molar-refractivity contribution in [1.82, 2.24) is 0 Å². The molecule has 1 N–H and O–H groups in total. The number of allylic oxidation sites excluding steroid dienone is 2. The molecule has 0 bridgehead atoms. The first-order valence-electron chi connectivity index (χ1n) is 9.64. The third kappa shape index (κ3) is 3.48. The van der Waals surface area contributed by atoms with Gasteiger partial charge in [0.15, 0.2) is 0 Å². The second kappa shape index (κ2) is 7.71. The summed E-state index contributed by atoms with van der Waals surface area (Å²) in [5, 5.41) is 11.3. The summed E-state index contributed by atoms with van der Waals surface area (Å²) in [6.07, 6.45) is 2.45. The van der Waals surface area contributed by atoms with Crippen LogP contribution in [0.25, 0.3) is 16.7 Å². The van der Waals surface area contributed by atoms with Crippen LogP contribution in [-0.2, 0) is 11.2 Å². The summed E-state index contributed by atoms with van der Waals surface area (Å²) in [5.41, 5.74) is 3.75. The van der Waals surface area contributed by atoms with Gasteiger partial charge in [-0.2, -0.15) is 0 Å². The highest BCUT2D eigenvalue weighted by atomic mass is 35.5. The molecule has 1 aliphatic carbocycles. The van der Waals surface area contributed by atoms with Crippen LogP contribution in [0.5, 0.6) is 0 Å². The quantitative estimate of drug-likeness (QED) is 0.439. The van der Waals surface area contributed by atoms with Crippen molar-refractivity contribution in [3.8, 4) is 11.1 Å². The van der Waals surface area contributed by atoms with Crippen molar-refractivity contribution in [2.24, 2.45) is 17.3 Å². The minimum atomic E-state index is -0.373. The van der Waals surface area contributed by atoms with Gasteiger partial charge in [-0.05, 0) is 71.7 Å². The maximum absolute atomic E-state index is 14.4. The average molecular weight is 401 g/mol. The Labute approximate surface area is 171 Å². The highest BCUT2D eigenvalue weighted by molar-refractivity contribution is 6.30. The van der Waals surface area contributed by atoms with Crippen molar-refractivity contribution < 1.29 is 14.3 Å². The number of halogens is 2. The van der Waals surface area contributed by atoms with Gasteiger partial charge < -0.3 is 9.90 Å². The van der Waals surface area contributed by atoms with Crippen molar-refractivity contribution in [3.63, 3.8) is 0 Å². The SMILES string of the molecule is CCc1ccc(-c2ccc(Cl)cc2F)cc1/C(C)=C(\O)C1CC(C=O)C1(C)C. The van der Waals surface area contributed by atoms with Crippen LogP contribution in [0.1, 0.15) is 45.2 Å². The van der Waals surface area contributed by atoms with Gasteiger partial charge in [0.1, 0.15) is 12.1 Å². The Morgan fingerprint density at radius 1 is 1.29 bits per heavy atom. The van der Waals surface area contributed by atoms with Crippen LogP contribution in [0.4, 0.5) is 4.39 Å². The Hall–Kier alpha value is -2.13. The summed E-state index contributed by atoms with van der Waals surface area (Å²) in [5.74, 6) is -0.134. The molecular weight excluding hydrogens is 375 g/mol. The first kappa shape index (κ1) is 20.6. The fourth-order valence-corrected chi connectivity index (χ4v) is 4.34. The molecule has 28 heavy (non-hydrogen) atoms. The summed E-state index contributed by atoms with van der Waals surface area (Å²) in [6, 6.07) is 10.5. The van der Waals surface area contributed by atoms with Crippen molar-refractivity contribution >= 4 is 23.5 Å². The molecule has 1 aliphatic rings. The van der Waals surface area contributed by atoms with E-state index in [0.717, 1.165) is 35.0 Å². The number of hydrogen-bond acceptors (Lipinski definition) is 2. The zero-order valence-corrected chi connectivity index (χ0v) is 17.5. The molecule has 148 valence electrons. The van der Waals surface area contributed by atoms with E-state index in [1.807, 2.05) is 39.0 Å². The lowest BCUT2D eigenvalue weighted by atomic mass is 9.54. The topological polar surface area (TPSA) is 37.3 Å². The maximum atomic E-state index is 14.4. The lowest BCUT2D eigenvalue weighted by molar-refractivity contribution is -0.124. The zero-order valence-electron chi connectivity index (χ0n) is 16.7. The van der Waals surface area contributed by atoms with E-state index >= 15 is 0 Å². The highest BCUT2D eigenvalue weighted by Gasteiger charge is 2.50. The van der Waals surface area contributed by atoms with Crippen LogP contribution < -0.4 is 0 Å². The van der Waals surface area contributed by atoms with E-state index in [0.29, 0.717) is 22.8 Å². The number of carbonyl (C=O) groups is 1. The molecule has 1 fully saturated rings. The van der Waals surface area contributed by atoms with E-state index < -0.39 is 0 Å². The van der Waals surface area contributed by atoms with Crippen molar-refractivity contribution in [3.05, 3.63) is 64.1 Å². The van der Waals surface area contributed by atoms with Gasteiger partial charge in [0.05, 0.1) is 5.76 Å². The molecule has 0 spiro atoms.